The highest BCUT2D eigenvalue weighted by Gasteiger charge is 2.17. The molecule has 96 valence electrons. The molecule has 2 aromatic rings. The normalized spacial score (nSPS) is 11.6. The largest absolute Gasteiger partial charge is 0.398 e. The van der Waals surface area contributed by atoms with Gasteiger partial charge in [-0.25, -0.2) is 13.1 Å². The summed E-state index contributed by atoms with van der Waals surface area (Å²) in [6.07, 6.45) is 0. The monoisotopic (exact) mass is 302 g/mol. The summed E-state index contributed by atoms with van der Waals surface area (Å²) < 4.78 is 26.6. The fraction of sp³-hybridized carbons (Fsp3) is 0.0909. The van der Waals surface area contributed by atoms with E-state index in [0.29, 0.717) is 5.02 Å². The van der Waals surface area contributed by atoms with E-state index in [-0.39, 0.29) is 17.1 Å². The third-order valence-corrected chi connectivity index (χ3v) is 4.75. The van der Waals surface area contributed by atoms with Crippen LogP contribution in [0.4, 0.5) is 5.69 Å². The second-order valence-electron chi connectivity index (χ2n) is 3.64. The maximum absolute atomic E-state index is 12.0. The van der Waals surface area contributed by atoms with E-state index in [0.717, 1.165) is 5.56 Å². The van der Waals surface area contributed by atoms with Gasteiger partial charge < -0.3 is 5.73 Å². The first-order valence-corrected chi connectivity index (χ1v) is 7.85. The Kier molecular flexibility index (Phi) is 3.91. The first-order chi connectivity index (χ1) is 8.49. The van der Waals surface area contributed by atoms with E-state index < -0.39 is 10.0 Å². The minimum absolute atomic E-state index is 0.0436. The van der Waals surface area contributed by atoms with Crippen molar-refractivity contribution in [1.82, 2.24) is 4.72 Å². The molecule has 0 aliphatic carbocycles. The summed E-state index contributed by atoms with van der Waals surface area (Å²) in [5.41, 5.74) is 6.71. The molecule has 0 atom stereocenters. The van der Waals surface area contributed by atoms with Crippen LogP contribution in [0.2, 0.25) is 5.02 Å². The summed E-state index contributed by atoms with van der Waals surface area (Å²) in [5.74, 6) is 0. The average Bonchev–Trinajstić information content (AvgIpc) is 2.78. The highest BCUT2D eigenvalue weighted by molar-refractivity contribution is 7.89. The van der Waals surface area contributed by atoms with Crippen LogP contribution >= 0.6 is 22.9 Å². The SMILES string of the molecule is Nc1cc(Cl)ccc1S(=O)(=O)NCc1ccsc1. The van der Waals surface area contributed by atoms with Gasteiger partial charge in [0.25, 0.3) is 0 Å². The molecule has 7 heteroatoms. The van der Waals surface area contributed by atoms with Crippen LogP contribution in [0.3, 0.4) is 0 Å². The number of halogens is 1. The molecule has 1 aromatic heterocycles. The predicted molar refractivity (Wildman–Crippen MR) is 74.2 cm³/mol. The molecule has 2 rings (SSSR count). The van der Waals surface area contributed by atoms with Gasteiger partial charge in [0, 0.05) is 11.6 Å². The van der Waals surface area contributed by atoms with E-state index in [4.69, 9.17) is 17.3 Å². The number of hydrogen-bond donors (Lipinski definition) is 2. The summed E-state index contributed by atoms with van der Waals surface area (Å²) in [5, 5.41) is 4.18. The number of nitrogens with one attached hydrogen (secondary N) is 1. The summed E-state index contributed by atoms with van der Waals surface area (Å²) in [4.78, 5) is 0.0436. The van der Waals surface area contributed by atoms with Crippen LogP contribution in [0, 0.1) is 0 Å². The van der Waals surface area contributed by atoms with Crippen molar-refractivity contribution in [1.29, 1.82) is 0 Å². The molecule has 4 nitrogen and oxygen atoms in total. The maximum atomic E-state index is 12.0. The molecule has 0 aliphatic heterocycles. The lowest BCUT2D eigenvalue weighted by Crippen LogP contribution is -2.23. The number of sulfonamides is 1. The summed E-state index contributed by atoms with van der Waals surface area (Å²) >= 11 is 7.25. The molecule has 0 bridgehead atoms. The highest BCUT2D eigenvalue weighted by Crippen LogP contribution is 2.22. The average molecular weight is 303 g/mol. The number of nitrogens with two attached hydrogens (primary N) is 1. The van der Waals surface area contributed by atoms with Crippen LogP contribution in [0.1, 0.15) is 5.56 Å². The molecular formula is C11H11ClN2O2S2. The van der Waals surface area contributed by atoms with Crippen molar-refractivity contribution in [2.45, 2.75) is 11.4 Å². The molecule has 1 aromatic carbocycles. The van der Waals surface area contributed by atoms with E-state index in [9.17, 15) is 8.42 Å². The Labute approximate surface area is 114 Å². The molecular weight excluding hydrogens is 292 g/mol. The number of rotatable bonds is 4. The molecule has 0 fully saturated rings. The highest BCUT2D eigenvalue weighted by atomic mass is 35.5. The molecule has 0 saturated heterocycles. The van der Waals surface area contributed by atoms with Crippen molar-refractivity contribution < 1.29 is 8.42 Å². The van der Waals surface area contributed by atoms with Gasteiger partial charge in [-0.2, -0.15) is 11.3 Å². The maximum Gasteiger partial charge on any atom is 0.242 e. The standard InChI is InChI=1S/C11H11ClN2O2S2/c12-9-1-2-11(10(13)5-9)18(15,16)14-6-8-3-4-17-7-8/h1-5,7,14H,6,13H2. The fourth-order valence-electron chi connectivity index (χ4n) is 1.41. The number of anilines is 1. The van der Waals surface area contributed by atoms with Crippen molar-refractivity contribution in [2.24, 2.45) is 0 Å². The minimum atomic E-state index is -3.61. The minimum Gasteiger partial charge on any atom is -0.398 e. The van der Waals surface area contributed by atoms with Crippen LogP contribution in [0.25, 0.3) is 0 Å². The Morgan fingerprint density at radius 3 is 2.72 bits per heavy atom. The van der Waals surface area contributed by atoms with Crippen molar-refractivity contribution in [3.63, 3.8) is 0 Å². The Balaban J connectivity index is 2.20. The van der Waals surface area contributed by atoms with Gasteiger partial charge in [-0.3, -0.25) is 0 Å². The molecule has 0 amide bonds. The summed E-state index contributed by atoms with van der Waals surface area (Å²) in [6, 6.07) is 6.17. The number of thiophene rings is 1. The van der Waals surface area contributed by atoms with Crippen LogP contribution in [-0.4, -0.2) is 8.42 Å². The summed E-state index contributed by atoms with van der Waals surface area (Å²) in [7, 11) is -3.61. The zero-order valence-electron chi connectivity index (χ0n) is 9.26. The summed E-state index contributed by atoms with van der Waals surface area (Å²) in [6.45, 7) is 0.244. The van der Waals surface area contributed by atoms with E-state index >= 15 is 0 Å². The Bertz CT molecular complexity index is 639. The van der Waals surface area contributed by atoms with Crippen LogP contribution in [-0.2, 0) is 16.6 Å². The fourth-order valence-corrected chi connectivity index (χ4v) is 3.39. The third-order valence-electron chi connectivity index (χ3n) is 2.31. The van der Waals surface area contributed by atoms with Gasteiger partial charge in [0.2, 0.25) is 10.0 Å². The zero-order valence-corrected chi connectivity index (χ0v) is 11.6. The molecule has 0 saturated carbocycles. The van der Waals surface area contributed by atoms with Gasteiger partial charge in [0.05, 0.1) is 5.69 Å². The molecule has 0 aliphatic rings. The van der Waals surface area contributed by atoms with Gasteiger partial charge in [0.15, 0.2) is 0 Å². The number of hydrogen-bond acceptors (Lipinski definition) is 4. The second-order valence-corrected chi connectivity index (χ2v) is 6.59. The van der Waals surface area contributed by atoms with Crippen molar-refractivity contribution in [3.8, 4) is 0 Å². The molecule has 3 N–H and O–H groups in total. The van der Waals surface area contributed by atoms with Crippen molar-refractivity contribution in [3.05, 3.63) is 45.6 Å². The lowest BCUT2D eigenvalue weighted by molar-refractivity contribution is 0.582. The molecule has 18 heavy (non-hydrogen) atoms. The van der Waals surface area contributed by atoms with Crippen LogP contribution in [0.5, 0.6) is 0 Å². The lowest BCUT2D eigenvalue weighted by atomic mass is 10.3. The van der Waals surface area contributed by atoms with Crippen LogP contribution in [0.15, 0.2) is 39.9 Å². The molecule has 0 unspecified atom stereocenters. The molecule has 1 heterocycles. The first kappa shape index (κ1) is 13.4. The number of nitrogen functional groups attached to an aromatic ring is 1. The van der Waals surface area contributed by atoms with E-state index in [1.54, 1.807) is 0 Å². The molecule has 0 spiro atoms. The first-order valence-electron chi connectivity index (χ1n) is 5.05. The topological polar surface area (TPSA) is 72.2 Å². The van der Waals surface area contributed by atoms with E-state index in [1.807, 2.05) is 16.8 Å². The van der Waals surface area contributed by atoms with E-state index in [2.05, 4.69) is 4.72 Å². The Hall–Kier alpha value is -1.08. The quantitative estimate of drug-likeness (QED) is 0.852. The lowest BCUT2D eigenvalue weighted by Gasteiger charge is -2.08. The van der Waals surface area contributed by atoms with Gasteiger partial charge in [-0.15, -0.1) is 0 Å². The van der Waals surface area contributed by atoms with Crippen LogP contribution < -0.4 is 10.5 Å². The van der Waals surface area contributed by atoms with Crippen molar-refractivity contribution in [2.75, 3.05) is 5.73 Å². The van der Waals surface area contributed by atoms with E-state index in [1.165, 1.54) is 29.5 Å². The Morgan fingerprint density at radius 1 is 1.33 bits per heavy atom. The third kappa shape index (κ3) is 3.02. The number of benzene rings is 1. The molecule has 0 radical (unpaired) electrons. The predicted octanol–water partition coefficient (Wildman–Crippen LogP) is 2.46. The Morgan fingerprint density at radius 2 is 2.11 bits per heavy atom. The zero-order chi connectivity index (χ0) is 13.2. The van der Waals surface area contributed by atoms with Gasteiger partial charge in [-0.05, 0) is 40.6 Å². The smallest absolute Gasteiger partial charge is 0.242 e. The van der Waals surface area contributed by atoms with Gasteiger partial charge in [0.1, 0.15) is 4.90 Å². The van der Waals surface area contributed by atoms with Gasteiger partial charge >= 0.3 is 0 Å². The van der Waals surface area contributed by atoms with Crippen molar-refractivity contribution >= 4 is 38.6 Å². The van der Waals surface area contributed by atoms with Gasteiger partial charge in [-0.1, -0.05) is 11.6 Å². The second kappa shape index (κ2) is 5.27.